The van der Waals surface area contributed by atoms with E-state index in [0.29, 0.717) is 18.7 Å². The molecule has 0 bridgehead atoms. The Kier molecular flexibility index (Phi) is 9.59. The topological polar surface area (TPSA) is 45.7 Å². The number of halogens is 2. The number of rotatable bonds is 6. The summed E-state index contributed by atoms with van der Waals surface area (Å²) >= 11 is 0. The molecule has 22 heavy (non-hydrogen) atoms. The van der Waals surface area contributed by atoms with E-state index in [-0.39, 0.29) is 35.4 Å². The van der Waals surface area contributed by atoms with Crippen LogP contribution in [0.1, 0.15) is 31.9 Å². The molecule has 0 aromatic heterocycles. The fourth-order valence-corrected chi connectivity index (χ4v) is 1.69. The molecule has 0 aliphatic rings. The van der Waals surface area contributed by atoms with Gasteiger partial charge in [0.2, 0.25) is 0 Å². The van der Waals surface area contributed by atoms with Crippen molar-refractivity contribution in [2.24, 2.45) is 4.99 Å². The van der Waals surface area contributed by atoms with E-state index in [4.69, 9.17) is 4.74 Å². The van der Waals surface area contributed by atoms with Crippen molar-refractivity contribution in [2.45, 2.75) is 39.8 Å². The zero-order valence-corrected chi connectivity index (χ0v) is 16.3. The van der Waals surface area contributed by atoms with Crippen molar-refractivity contribution in [1.82, 2.24) is 10.6 Å². The summed E-state index contributed by atoms with van der Waals surface area (Å²) in [5.41, 5.74) is 1.36. The van der Waals surface area contributed by atoms with Gasteiger partial charge in [-0.25, -0.2) is 9.38 Å². The first kappa shape index (κ1) is 21.1. The van der Waals surface area contributed by atoms with Crippen LogP contribution < -0.4 is 10.6 Å². The summed E-state index contributed by atoms with van der Waals surface area (Å²) in [6.45, 7) is 9.72. The van der Waals surface area contributed by atoms with Gasteiger partial charge >= 0.3 is 0 Å². The van der Waals surface area contributed by atoms with Gasteiger partial charge in [0, 0.05) is 20.2 Å². The van der Waals surface area contributed by atoms with Crippen LogP contribution in [0, 0.1) is 12.7 Å². The Balaban J connectivity index is 0.00000441. The van der Waals surface area contributed by atoms with Crippen LogP contribution in [0.5, 0.6) is 0 Å². The molecule has 0 heterocycles. The quantitative estimate of drug-likeness (QED) is 0.420. The number of ether oxygens (including phenoxy) is 1. The number of nitrogens with zero attached hydrogens (tertiary/aromatic N) is 1. The smallest absolute Gasteiger partial charge is 0.191 e. The van der Waals surface area contributed by atoms with Gasteiger partial charge in [-0.3, -0.25) is 0 Å². The molecular weight excluding hydrogens is 396 g/mol. The summed E-state index contributed by atoms with van der Waals surface area (Å²) in [6, 6.07) is 5.06. The maximum Gasteiger partial charge on any atom is 0.191 e. The second kappa shape index (κ2) is 9.99. The standard InChI is InChI=1S/C16H26FN3O.HI/c1-6-18-15(20-11-16(3,4)21-5)19-10-13-7-8-14(17)12(2)9-13;/h7-9H,6,10-11H2,1-5H3,(H2,18,19,20);1H. The number of methoxy groups -OCH3 is 1. The molecule has 1 aromatic carbocycles. The van der Waals surface area contributed by atoms with Crippen LogP contribution in [0.3, 0.4) is 0 Å². The maximum absolute atomic E-state index is 13.2. The molecule has 1 aromatic rings. The van der Waals surface area contributed by atoms with Crippen molar-refractivity contribution < 1.29 is 9.13 Å². The molecule has 0 radical (unpaired) electrons. The lowest BCUT2D eigenvalue weighted by molar-refractivity contribution is 0.0268. The molecule has 6 heteroatoms. The van der Waals surface area contributed by atoms with Crippen molar-refractivity contribution >= 4 is 29.9 Å². The fourth-order valence-electron chi connectivity index (χ4n) is 1.69. The Morgan fingerprint density at radius 3 is 2.55 bits per heavy atom. The third-order valence-corrected chi connectivity index (χ3v) is 3.22. The van der Waals surface area contributed by atoms with Gasteiger partial charge in [0.1, 0.15) is 5.82 Å². The fraction of sp³-hybridized carbons (Fsp3) is 0.562. The summed E-state index contributed by atoms with van der Waals surface area (Å²) in [4.78, 5) is 4.51. The molecule has 0 fully saturated rings. The lowest BCUT2D eigenvalue weighted by Crippen LogP contribution is -2.45. The molecule has 2 N–H and O–H groups in total. The average molecular weight is 423 g/mol. The molecule has 1 rings (SSSR count). The van der Waals surface area contributed by atoms with Crippen molar-refractivity contribution in [1.29, 1.82) is 0 Å². The van der Waals surface area contributed by atoms with E-state index in [1.165, 1.54) is 6.07 Å². The highest BCUT2D eigenvalue weighted by molar-refractivity contribution is 14.0. The van der Waals surface area contributed by atoms with Gasteiger partial charge in [-0.15, -0.1) is 24.0 Å². The second-order valence-electron chi connectivity index (χ2n) is 5.60. The Morgan fingerprint density at radius 1 is 1.32 bits per heavy atom. The van der Waals surface area contributed by atoms with E-state index in [9.17, 15) is 4.39 Å². The minimum atomic E-state index is -0.261. The predicted molar refractivity (Wildman–Crippen MR) is 100 cm³/mol. The van der Waals surface area contributed by atoms with Gasteiger partial charge in [-0.2, -0.15) is 0 Å². The molecule has 0 spiro atoms. The lowest BCUT2D eigenvalue weighted by Gasteiger charge is -2.24. The third kappa shape index (κ3) is 7.40. The van der Waals surface area contributed by atoms with Crippen molar-refractivity contribution in [3.63, 3.8) is 0 Å². The summed E-state index contributed by atoms with van der Waals surface area (Å²) in [5.74, 6) is 0.541. The Hall–Kier alpha value is -0.890. The first-order chi connectivity index (χ1) is 9.88. The monoisotopic (exact) mass is 423 g/mol. The molecule has 0 unspecified atom stereocenters. The maximum atomic E-state index is 13.2. The van der Waals surface area contributed by atoms with E-state index in [2.05, 4.69) is 15.6 Å². The highest BCUT2D eigenvalue weighted by atomic mass is 127. The van der Waals surface area contributed by atoms with Crippen molar-refractivity contribution in [3.8, 4) is 0 Å². The number of aryl methyl sites for hydroxylation is 1. The Morgan fingerprint density at radius 2 is 2.00 bits per heavy atom. The van der Waals surface area contributed by atoms with Crippen LogP contribution in [0.15, 0.2) is 23.2 Å². The second-order valence-corrected chi connectivity index (χ2v) is 5.60. The van der Waals surface area contributed by atoms with E-state index in [1.807, 2.05) is 26.8 Å². The number of guanidine groups is 1. The van der Waals surface area contributed by atoms with Crippen LogP contribution in [0.4, 0.5) is 4.39 Å². The average Bonchev–Trinajstić information content (AvgIpc) is 2.45. The van der Waals surface area contributed by atoms with Gasteiger partial charge in [-0.05, 0) is 44.9 Å². The molecule has 0 saturated carbocycles. The predicted octanol–water partition coefficient (Wildman–Crippen LogP) is 3.23. The van der Waals surface area contributed by atoms with E-state index in [0.717, 1.165) is 18.1 Å². The highest BCUT2D eigenvalue weighted by Gasteiger charge is 2.16. The minimum Gasteiger partial charge on any atom is -0.377 e. The van der Waals surface area contributed by atoms with Crippen molar-refractivity contribution in [3.05, 3.63) is 35.1 Å². The SMILES string of the molecule is CCNC(=NCc1ccc(F)c(C)c1)NCC(C)(C)OC.I. The minimum absolute atomic E-state index is 0. The number of aliphatic imine (C=N–C) groups is 1. The van der Waals surface area contributed by atoms with E-state index < -0.39 is 0 Å². The van der Waals surface area contributed by atoms with Gasteiger partial charge in [0.15, 0.2) is 5.96 Å². The third-order valence-electron chi connectivity index (χ3n) is 3.22. The van der Waals surface area contributed by atoms with Crippen LogP contribution in [-0.2, 0) is 11.3 Å². The highest BCUT2D eigenvalue weighted by Crippen LogP contribution is 2.10. The summed E-state index contributed by atoms with van der Waals surface area (Å²) in [5, 5.41) is 6.43. The van der Waals surface area contributed by atoms with Crippen LogP contribution in [0.2, 0.25) is 0 Å². The normalized spacial score (nSPS) is 11.8. The molecular formula is C16H27FIN3O. The summed E-state index contributed by atoms with van der Waals surface area (Å²) in [6.07, 6.45) is 0. The van der Waals surface area contributed by atoms with E-state index >= 15 is 0 Å². The number of hydrogen-bond acceptors (Lipinski definition) is 2. The van der Waals surface area contributed by atoms with Gasteiger partial charge in [-0.1, -0.05) is 12.1 Å². The zero-order valence-electron chi connectivity index (χ0n) is 14.0. The molecule has 0 aliphatic heterocycles. The van der Waals surface area contributed by atoms with Crippen molar-refractivity contribution in [2.75, 3.05) is 20.2 Å². The summed E-state index contributed by atoms with van der Waals surface area (Å²) < 4.78 is 18.6. The van der Waals surface area contributed by atoms with Gasteiger partial charge < -0.3 is 15.4 Å². The zero-order chi connectivity index (χ0) is 15.9. The molecule has 0 aliphatic carbocycles. The number of hydrogen-bond donors (Lipinski definition) is 2. The molecule has 0 amide bonds. The summed E-state index contributed by atoms with van der Waals surface area (Å²) in [7, 11) is 1.69. The van der Waals surface area contributed by atoms with Gasteiger partial charge in [0.05, 0.1) is 12.1 Å². The first-order valence-electron chi connectivity index (χ1n) is 7.20. The first-order valence-corrected chi connectivity index (χ1v) is 7.20. The number of benzene rings is 1. The van der Waals surface area contributed by atoms with Crippen LogP contribution in [-0.4, -0.2) is 31.8 Å². The molecule has 126 valence electrons. The van der Waals surface area contributed by atoms with Crippen LogP contribution in [0.25, 0.3) is 0 Å². The number of nitrogens with one attached hydrogen (secondary N) is 2. The Bertz CT molecular complexity index is 492. The lowest BCUT2D eigenvalue weighted by atomic mass is 10.1. The molecule has 4 nitrogen and oxygen atoms in total. The van der Waals surface area contributed by atoms with E-state index in [1.54, 1.807) is 20.1 Å². The largest absolute Gasteiger partial charge is 0.377 e. The van der Waals surface area contributed by atoms with Crippen LogP contribution >= 0.6 is 24.0 Å². The van der Waals surface area contributed by atoms with Gasteiger partial charge in [0.25, 0.3) is 0 Å². The molecule has 0 saturated heterocycles. The Labute approximate surface area is 149 Å². The molecule has 0 atom stereocenters.